The molecule has 2 heteroatoms. The van der Waals surface area contributed by atoms with Gasteiger partial charge in [0.2, 0.25) is 0 Å². The third kappa shape index (κ3) is 2.37. The van der Waals surface area contributed by atoms with Crippen molar-refractivity contribution in [1.82, 2.24) is 0 Å². The van der Waals surface area contributed by atoms with Crippen molar-refractivity contribution in [3.05, 3.63) is 35.4 Å². The van der Waals surface area contributed by atoms with E-state index in [1.165, 1.54) is 93.6 Å². The van der Waals surface area contributed by atoms with Crippen LogP contribution in [0.1, 0.15) is 88.2 Å². The number of fused-ring (bicyclic) bond motifs is 1. The van der Waals surface area contributed by atoms with Gasteiger partial charge in [0.1, 0.15) is 11.5 Å². The molecule has 8 saturated carbocycles. The zero-order valence-electron chi connectivity index (χ0n) is 19.2. The summed E-state index contributed by atoms with van der Waals surface area (Å²) in [7, 11) is 0. The van der Waals surface area contributed by atoms with Gasteiger partial charge in [0.25, 0.3) is 0 Å². The first kappa shape index (κ1) is 18.7. The molecule has 0 aromatic heterocycles. The van der Waals surface area contributed by atoms with Crippen molar-refractivity contribution in [1.29, 1.82) is 0 Å². The molecule has 0 atom stereocenters. The molecular weight excluding hydrogens is 392 g/mol. The minimum atomic E-state index is 0.269. The molecule has 0 heterocycles. The second-order valence-corrected chi connectivity index (χ2v) is 13.4. The summed E-state index contributed by atoms with van der Waals surface area (Å²) in [5.41, 5.74) is 3.52. The summed E-state index contributed by atoms with van der Waals surface area (Å²) in [5.74, 6) is 5.91. The Kier molecular flexibility index (Phi) is 3.53. The van der Waals surface area contributed by atoms with Crippen LogP contribution in [0.2, 0.25) is 0 Å². The summed E-state index contributed by atoms with van der Waals surface area (Å²) in [6.07, 6.45) is 16.6. The van der Waals surface area contributed by atoms with Gasteiger partial charge in [-0.1, -0.05) is 12.1 Å². The quantitative estimate of drug-likeness (QED) is 0.531. The maximum Gasteiger partial charge on any atom is 0.127 e. The number of aromatic hydroxyl groups is 2. The molecule has 0 aliphatic heterocycles. The van der Waals surface area contributed by atoms with E-state index in [1.807, 2.05) is 12.1 Å². The highest BCUT2D eigenvalue weighted by Gasteiger charge is 2.55. The van der Waals surface area contributed by atoms with E-state index < -0.39 is 0 Å². The molecule has 8 aliphatic rings. The third-order valence-corrected chi connectivity index (χ3v) is 11.3. The van der Waals surface area contributed by atoms with Crippen LogP contribution >= 0.6 is 0 Å². The summed E-state index contributed by atoms with van der Waals surface area (Å²) < 4.78 is 0. The highest BCUT2D eigenvalue weighted by atomic mass is 16.3. The first-order valence-electron chi connectivity index (χ1n) is 13.5. The Hall–Kier alpha value is -1.70. The maximum absolute atomic E-state index is 11.0. The summed E-state index contributed by atoms with van der Waals surface area (Å²) >= 11 is 0. The molecule has 2 N–H and O–H groups in total. The Morgan fingerprint density at radius 3 is 1.09 bits per heavy atom. The zero-order valence-corrected chi connectivity index (χ0v) is 19.2. The zero-order chi connectivity index (χ0) is 21.2. The number of rotatable bonds is 2. The van der Waals surface area contributed by atoms with Gasteiger partial charge in [-0.2, -0.15) is 0 Å². The van der Waals surface area contributed by atoms with Gasteiger partial charge < -0.3 is 10.2 Å². The molecule has 2 aromatic carbocycles. The van der Waals surface area contributed by atoms with E-state index >= 15 is 0 Å². The minimum absolute atomic E-state index is 0.269. The molecule has 32 heavy (non-hydrogen) atoms. The lowest BCUT2D eigenvalue weighted by Gasteiger charge is -2.59. The SMILES string of the molecule is Oc1ccc(C23CC4CC(CC(C4)C2)C3)c2c(C34CC5CC(CC(C5)C3)C4)ccc(O)c12. The fourth-order valence-corrected chi connectivity index (χ4v) is 11.2. The average molecular weight is 429 g/mol. The molecular formula is C30H36O2. The van der Waals surface area contributed by atoms with Crippen LogP contribution < -0.4 is 0 Å². The molecule has 10 rings (SSSR count). The number of hydrogen-bond donors (Lipinski definition) is 2. The van der Waals surface area contributed by atoms with Gasteiger partial charge >= 0.3 is 0 Å². The fraction of sp³-hybridized carbons (Fsp3) is 0.667. The highest BCUT2D eigenvalue weighted by molar-refractivity contribution is 5.99. The van der Waals surface area contributed by atoms with E-state index in [-0.39, 0.29) is 22.3 Å². The number of phenolic OH excluding ortho intramolecular Hbond substituents is 2. The molecule has 8 aliphatic carbocycles. The standard InChI is InChI=1S/C30H36O2/c31-25-3-1-23(29-11-17-5-18(12-29)7-19(6-17)13-29)27-24(2-4-26(32)28(25)27)30-14-20-8-21(15-30)10-22(9-20)16-30/h1-4,17-22,31-32H,5-16H2. The Bertz CT molecular complexity index is 972. The van der Waals surface area contributed by atoms with E-state index in [0.717, 1.165) is 40.9 Å². The van der Waals surface area contributed by atoms with E-state index in [1.54, 1.807) is 0 Å². The van der Waals surface area contributed by atoms with Crippen molar-refractivity contribution >= 4 is 10.8 Å². The lowest BCUT2D eigenvalue weighted by molar-refractivity contribution is -0.00680. The molecule has 8 bridgehead atoms. The normalized spacial score (nSPS) is 45.8. The predicted octanol–water partition coefficient (Wildman–Crippen LogP) is 7.19. The van der Waals surface area contributed by atoms with Crippen LogP contribution in [-0.2, 0) is 10.8 Å². The Labute approximate surface area is 191 Å². The lowest BCUT2D eigenvalue weighted by Crippen LogP contribution is -2.50. The highest BCUT2D eigenvalue weighted by Crippen LogP contribution is 2.65. The largest absolute Gasteiger partial charge is 0.507 e. The van der Waals surface area contributed by atoms with Crippen molar-refractivity contribution in [3.63, 3.8) is 0 Å². The molecule has 0 amide bonds. The number of hydrogen-bond acceptors (Lipinski definition) is 2. The Balaban J connectivity index is 1.39. The second-order valence-electron chi connectivity index (χ2n) is 13.4. The van der Waals surface area contributed by atoms with Gasteiger partial charge in [0.15, 0.2) is 0 Å². The van der Waals surface area contributed by atoms with Crippen LogP contribution in [0.5, 0.6) is 11.5 Å². The molecule has 168 valence electrons. The van der Waals surface area contributed by atoms with Crippen molar-refractivity contribution in [2.45, 2.75) is 87.9 Å². The van der Waals surface area contributed by atoms with Gasteiger partial charge in [0.05, 0.1) is 5.39 Å². The van der Waals surface area contributed by atoms with Crippen molar-refractivity contribution in [2.24, 2.45) is 35.5 Å². The van der Waals surface area contributed by atoms with Crippen LogP contribution in [0.15, 0.2) is 24.3 Å². The maximum atomic E-state index is 11.0. The fourth-order valence-electron chi connectivity index (χ4n) is 11.2. The summed E-state index contributed by atoms with van der Waals surface area (Å²) in [5, 5.41) is 24.0. The van der Waals surface area contributed by atoms with Crippen LogP contribution in [0.4, 0.5) is 0 Å². The molecule has 2 aromatic rings. The van der Waals surface area contributed by atoms with Gasteiger partial charge in [-0.15, -0.1) is 0 Å². The van der Waals surface area contributed by atoms with Crippen LogP contribution in [0, 0.1) is 35.5 Å². The molecule has 8 fully saturated rings. The van der Waals surface area contributed by atoms with Crippen LogP contribution in [0.25, 0.3) is 10.8 Å². The molecule has 0 spiro atoms. The molecule has 0 unspecified atom stereocenters. The van der Waals surface area contributed by atoms with Crippen LogP contribution in [0.3, 0.4) is 0 Å². The number of benzene rings is 2. The van der Waals surface area contributed by atoms with E-state index in [0.29, 0.717) is 0 Å². The van der Waals surface area contributed by atoms with Gasteiger partial charge in [-0.25, -0.2) is 0 Å². The summed E-state index contributed by atoms with van der Waals surface area (Å²) in [6, 6.07) is 8.38. The monoisotopic (exact) mass is 428 g/mol. The van der Waals surface area contributed by atoms with E-state index in [9.17, 15) is 10.2 Å². The van der Waals surface area contributed by atoms with Crippen LogP contribution in [-0.4, -0.2) is 10.2 Å². The van der Waals surface area contributed by atoms with Gasteiger partial charge in [-0.05, 0) is 152 Å². The average Bonchev–Trinajstić information content (AvgIpc) is 2.72. The summed E-state index contributed by atoms with van der Waals surface area (Å²) in [4.78, 5) is 0. The molecule has 2 nitrogen and oxygen atoms in total. The summed E-state index contributed by atoms with van der Waals surface area (Å²) in [6.45, 7) is 0. The van der Waals surface area contributed by atoms with Crippen molar-refractivity contribution in [3.8, 4) is 11.5 Å². The van der Waals surface area contributed by atoms with Crippen molar-refractivity contribution < 1.29 is 10.2 Å². The lowest BCUT2D eigenvalue weighted by atomic mass is 9.46. The number of phenols is 2. The Morgan fingerprint density at radius 2 is 0.781 bits per heavy atom. The predicted molar refractivity (Wildman–Crippen MR) is 127 cm³/mol. The third-order valence-electron chi connectivity index (χ3n) is 11.3. The van der Waals surface area contributed by atoms with Gasteiger partial charge in [0, 0.05) is 0 Å². The molecule has 0 saturated heterocycles. The first-order valence-corrected chi connectivity index (χ1v) is 13.5. The minimum Gasteiger partial charge on any atom is -0.507 e. The smallest absolute Gasteiger partial charge is 0.127 e. The van der Waals surface area contributed by atoms with E-state index in [2.05, 4.69) is 12.1 Å². The van der Waals surface area contributed by atoms with Crippen molar-refractivity contribution in [2.75, 3.05) is 0 Å². The topological polar surface area (TPSA) is 40.5 Å². The second kappa shape index (κ2) is 6.05. The molecule has 0 radical (unpaired) electrons. The Morgan fingerprint density at radius 1 is 0.469 bits per heavy atom. The van der Waals surface area contributed by atoms with Gasteiger partial charge in [-0.3, -0.25) is 0 Å². The first-order chi connectivity index (χ1) is 15.5. The van der Waals surface area contributed by atoms with E-state index in [4.69, 9.17) is 0 Å².